The summed E-state index contributed by atoms with van der Waals surface area (Å²) in [4.78, 5) is 23.1. The van der Waals surface area contributed by atoms with Crippen molar-refractivity contribution in [3.05, 3.63) is 35.9 Å². The van der Waals surface area contributed by atoms with Gasteiger partial charge >= 0.3 is 5.97 Å². The van der Waals surface area contributed by atoms with Crippen LogP contribution in [-0.4, -0.2) is 24.0 Å². The zero-order valence-corrected chi connectivity index (χ0v) is 11.9. The van der Waals surface area contributed by atoms with Crippen molar-refractivity contribution in [2.75, 3.05) is 0 Å². The third kappa shape index (κ3) is 4.43. The summed E-state index contributed by atoms with van der Waals surface area (Å²) in [5.74, 6) is 1.40. The van der Waals surface area contributed by atoms with Gasteiger partial charge in [0.15, 0.2) is 0 Å². The molecule has 0 saturated carbocycles. The maximum atomic E-state index is 12.1. The van der Waals surface area contributed by atoms with Crippen molar-refractivity contribution < 1.29 is 14.3 Å². The SMILES string of the molecule is C#CC(NC(C)=O)C(C)OC(=O)C(C)c1ccccc1. The highest BCUT2D eigenvalue weighted by molar-refractivity contribution is 5.78. The van der Waals surface area contributed by atoms with Crippen LogP contribution in [0.4, 0.5) is 0 Å². The van der Waals surface area contributed by atoms with E-state index in [4.69, 9.17) is 11.2 Å². The molecule has 0 aliphatic rings. The fourth-order valence-electron chi connectivity index (χ4n) is 1.74. The van der Waals surface area contributed by atoms with Gasteiger partial charge in [0.2, 0.25) is 5.91 Å². The Hall–Kier alpha value is -2.28. The van der Waals surface area contributed by atoms with E-state index < -0.39 is 12.1 Å². The summed E-state index contributed by atoms with van der Waals surface area (Å²) in [7, 11) is 0. The highest BCUT2D eigenvalue weighted by atomic mass is 16.5. The van der Waals surface area contributed by atoms with Crippen LogP contribution in [0.2, 0.25) is 0 Å². The molecule has 0 aromatic heterocycles. The fourth-order valence-corrected chi connectivity index (χ4v) is 1.74. The molecule has 0 heterocycles. The minimum Gasteiger partial charge on any atom is -0.459 e. The quantitative estimate of drug-likeness (QED) is 0.658. The van der Waals surface area contributed by atoms with E-state index in [1.807, 2.05) is 30.3 Å². The Morgan fingerprint density at radius 3 is 2.35 bits per heavy atom. The van der Waals surface area contributed by atoms with Gasteiger partial charge in [0.05, 0.1) is 5.92 Å². The van der Waals surface area contributed by atoms with E-state index in [0.717, 1.165) is 5.56 Å². The molecule has 0 bridgehead atoms. The van der Waals surface area contributed by atoms with Gasteiger partial charge in [-0.1, -0.05) is 36.3 Å². The van der Waals surface area contributed by atoms with Crippen molar-refractivity contribution in [2.45, 2.75) is 38.8 Å². The highest BCUT2D eigenvalue weighted by Crippen LogP contribution is 2.17. The van der Waals surface area contributed by atoms with Crippen LogP contribution >= 0.6 is 0 Å². The molecule has 1 amide bonds. The summed E-state index contributed by atoms with van der Waals surface area (Å²) in [5.41, 5.74) is 0.876. The molecule has 0 radical (unpaired) electrons. The summed E-state index contributed by atoms with van der Waals surface area (Å²) < 4.78 is 5.32. The molecule has 20 heavy (non-hydrogen) atoms. The van der Waals surface area contributed by atoms with E-state index in [9.17, 15) is 9.59 Å². The molecule has 0 aliphatic carbocycles. The van der Waals surface area contributed by atoms with Gasteiger partial charge in [0.1, 0.15) is 12.1 Å². The van der Waals surface area contributed by atoms with Crippen LogP contribution in [0.3, 0.4) is 0 Å². The number of terminal acetylenes is 1. The monoisotopic (exact) mass is 273 g/mol. The Balaban J connectivity index is 2.65. The van der Waals surface area contributed by atoms with Crippen molar-refractivity contribution in [2.24, 2.45) is 0 Å². The number of rotatable bonds is 5. The molecule has 4 heteroatoms. The maximum Gasteiger partial charge on any atom is 0.313 e. The number of esters is 1. The lowest BCUT2D eigenvalue weighted by atomic mass is 10.0. The predicted octanol–water partition coefficient (Wildman–Crippen LogP) is 1.86. The number of benzene rings is 1. The first-order chi connectivity index (χ1) is 9.45. The zero-order chi connectivity index (χ0) is 15.1. The standard InChI is InChI=1S/C16H19NO3/c1-5-15(17-13(4)18)12(3)20-16(19)11(2)14-9-7-6-8-10-14/h1,6-12,15H,2-4H3,(H,17,18). The number of hydrogen-bond donors (Lipinski definition) is 1. The van der Waals surface area contributed by atoms with E-state index in [1.54, 1.807) is 13.8 Å². The molecule has 1 rings (SSSR count). The minimum atomic E-state index is -0.626. The van der Waals surface area contributed by atoms with E-state index in [0.29, 0.717) is 0 Å². The van der Waals surface area contributed by atoms with Gasteiger partial charge in [-0.2, -0.15) is 0 Å². The number of hydrogen-bond acceptors (Lipinski definition) is 3. The smallest absolute Gasteiger partial charge is 0.313 e. The second-order valence-corrected chi connectivity index (χ2v) is 4.62. The van der Waals surface area contributed by atoms with E-state index >= 15 is 0 Å². The van der Waals surface area contributed by atoms with Crippen LogP contribution in [0.1, 0.15) is 32.3 Å². The fraction of sp³-hybridized carbons (Fsp3) is 0.375. The third-order valence-electron chi connectivity index (χ3n) is 2.96. The van der Waals surface area contributed by atoms with Crippen molar-refractivity contribution in [3.8, 4) is 12.3 Å². The molecule has 0 spiro atoms. The molecule has 106 valence electrons. The lowest BCUT2D eigenvalue weighted by Crippen LogP contribution is -2.42. The molecule has 0 saturated heterocycles. The molecule has 1 N–H and O–H groups in total. The van der Waals surface area contributed by atoms with Crippen molar-refractivity contribution in [1.82, 2.24) is 5.32 Å². The predicted molar refractivity (Wildman–Crippen MR) is 76.8 cm³/mol. The third-order valence-corrected chi connectivity index (χ3v) is 2.96. The maximum absolute atomic E-state index is 12.1. The Labute approximate surface area is 119 Å². The van der Waals surface area contributed by atoms with E-state index in [2.05, 4.69) is 11.2 Å². The Morgan fingerprint density at radius 2 is 1.85 bits per heavy atom. The first kappa shape index (κ1) is 15.8. The van der Waals surface area contributed by atoms with Gasteiger partial charge in [-0.3, -0.25) is 9.59 Å². The zero-order valence-electron chi connectivity index (χ0n) is 11.9. The van der Waals surface area contributed by atoms with Gasteiger partial charge < -0.3 is 10.1 Å². The van der Waals surface area contributed by atoms with Gasteiger partial charge in [-0.25, -0.2) is 0 Å². The summed E-state index contributed by atoms with van der Waals surface area (Å²) in [6.07, 6.45) is 4.75. The number of ether oxygens (including phenoxy) is 1. The van der Waals surface area contributed by atoms with Crippen LogP contribution in [0.5, 0.6) is 0 Å². The lowest BCUT2D eigenvalue weighted by molar-refractivity contribution is -0.151. The average molecular weight is 273 g/mol. The van der Waals surface area contributed by atoms with Gasteiger partial charge in [-0.15, -0.1) is 6.42 Å². The van der Waals surface area contributed by atoms with Crippen molar-refractivity contribution in [1.29, 1.82) is 0 Å². The van der Waals surface area contributed by atoms with Crippen LogP contribution in [0, 0.1) is 12.3 Å². The summed E-state index contributed by atoms with van der Waals surface area (Å²) in [5, 5.41) is 2.56. The molecular formula is C16H19NO3. The normalized spacial score (nSPS) is 14.5. The molecule has 4 nitrogen and oxygen atoms in total. The number of nitrogens with one attached hydrogen (secondary N) is 1. The lowest BCUT2D eigenvalue weighted by Gasteiger charge is -2.22. The second-order valence-electron chi connectivity index (χ2n) is 4.62. The molecular weight excluding hydrogens is 254 g/mol. The minimum absolute atomic E-state index is 0.257. The molecule has 1 aromatic rings. The number of carbonyl (C=O) groups is 2. The largest absolute Gasteiger partial charge is 0.459 e. The first-order valence-corrected chi connectivity index (χ1v) is 6.44. The summed E-state index contributed by atoms with van der Waals surface area (Å²) in [6.45, 7) is 4.80. The molecule has 1 aromatic carbocycles. The molecule has 0 aliphatic heterocycles. The van der Waals surface area contributed by atoms with Crippen LogP contribution < -0.4 is 5.32 Å². The molecule has 3 unspecified atom stereocenters. The Bertz CT molecular complexity index is 504. The van der Waals surface area contributed by atoms with Crippen LogP contribution in [0.15, 0.2) is 30.3 Å². The molecule has 0 fully saturated rings. The van der Waals surface area contributed by atoms with Crippen molar-refractivity contribution in [3.63, 3.8) is 0 Å². The highest BCUT2D eigenvalue weighted by Gasteiger charge is 2.23. The summed E-state index contributed by atoms with van der Waals surface area (Å²) >= 11 is 0. The Kier molecular flexibility index (Phi) is 5.79. The summed E-state index contributed by atoms with van der Waals surface area (Å²) in [6, 6.07) is 8.72. The van der Waals surface area contributed by atoms with Crippen LogP contribution in [0.25, 0.3) is 0 Å². The van der Waals surface area contributed by atoms with E-state index in [1.165, 1.54) is 6.92 Å². The number of carbonyl (C=O) groups excluding carboxylic acids is 2. The Morgan fingerprint density at radius 1 is 1.25 bits per heavy atom. The topological polar surface area (TPSA) is 55.4 Å². The second kappa shape index (κ2) is 7.34. The average Bonchev–Trinajstić information content (AvgIpc) is 2.44. The van der Waals surface area contributed by atoms with Gasteiger partial charge in [0.25, 0.3) is 0 Å². The van der Waals surface area contributed by atoms with Gasteiger partial charge in [-0.05, 0) is 19.4 Å². The number of amides is 1. The first-order valence-electron chi connectivity index (χ1n) is 6.44. The van der Waals surface area contributed by atoms with Crippen LogP contribution in [-0.2, 0) is 14.3 Å². The van der Waals surface area contributed by atoms with Crippen molar-refractivity contribution >= 4 is 11.9 Å². The molecule has 3 atom stereocenters. The van der Waals surface area contributed by atoms with Gasteiger partial charge in [0, 0.05) is 6.92 Å². The van der Waals surface area contributed by atoms with E-state index in [-0.39, 0.29) is 17.8 Å².